The number of nitrogens with zero attached hydrogens (tertiary/aromatic N) is 2. The highest BCUT2D eigenvalue weighted by Gasteiger charge is 2.41. The normalized spacial score (nSPS) is 17.1. The Bertz CT molecular complexity index is 768. The average Bonchev–Trinajstić information content (AvgIpc) is 2.85. The number of likely N-dealkylation sites (N-methyl/N-ethyl adjacent to an activating group) is 2. The second kappa shape index (κ2) is 7.39. The molecule has 0 aliphatic carbocycles. The minimum absolute atomic E-state index is 0.0679. The fourth-order valence-electron chi connectivity index (χ4n) is 3.12. The lowest BCUT2D eigenvalue weighted by Crippen LogP contribution is -2.38. The molecule has 3 rings (SSSR count). The summed E-state index contributed by atoms with van der Waals surface area (Å²) < 4.78 is 0. The molecule has 26 heavy (non-hydrogen) atoms. The summed E-state index contributed by atoms with van der Waals surface area (Å²) >= 11 is 0. The molecular weight excluding hydrogens is 330 g/mol. The Morgan fingerprint density at radius 2 is 1.46 bits per heavy atom. The van der Waals surface area contributed by atoms with Crippen LogP contribution in [-0.2, 0) is 9.59 Å². The number of carbonyl (C=O) groups is 3. The first-order chi connectivity index (χ1) is 12.5. The SMILES string of the molecule is CN1C(=O)[C@H](CC(=O)NC(c2ccccc2)c2ccccc2)N(C)C1=O. The Morgan fingerprint density at radius 1 is 0.962 bits per heavy atom. The third-order valence-electron chi connectivity index (χ3n) is 4.62. The summed E-state index contributed by atoms with van der Waals surface area (Å²) in [5, 5.41) is 3.00. The van der Waals surface area contributed by atoms with Crippen LogP contribution in [0.15, 0.2) is 60.7 Å². The quantitative estimate of drug-likeness (QED) is 0.840. The predicted molar refractivity (Wildman–Crippen MR) is 97.2 cm³/mol. The summed E-state index contributed by atoms with van der Waals surface area (Å²) in [4.78, 5) is 39.0. The minimum atomic E-state index is -0.764. The number of imide groups is 1. The molecule has 0 spiro atoms. The number of urea groups is 1. The van der Waals surface area contributed by atoms with Gasteiger partial charge in [0, 0.05) is 14.1 Å². The van der Waals surface area contributed by atoms with Gasteiger partial charge in [-0.05, 0) is 11.1 Å². The zero-order valence-corrected chi connectivity index (χ0v) is 14.8. The third kappa shape index (κ3) is 3.44. The van der Waals surface area contributed by atoms with E-state index >= 15 is 0 Å². The van der Waals surface area contributed by atoms with Gasteiger partial charge in [-0.15, -0.1) is 0 Å². The molecular formula is C20H21N3O3. The van der Waals surface area contributed by atoms with Crippen LogP contribution in [0.1, 0.15) is 23.6 Å². The van der Waals surface area contributed by atoms with Crippen molar-refractivity contribution in [1.82, 2.24) is 15.1 Å². The van der Waals surface area contributed by atoms with Crippen molar-refractivity contribution in [1.29, 1.82) is 0 Å². The highest BCUT2D eigenvalue weighted by molar-refractivity contribution is 6.05. The summed E-state index contributed by atoms with van der Waals surface area (Å²) in [5.74, 6) is -0.639. The summed E-state index contributed by atoms with van der Waals surface area (Å²) in [6.45, 7) is 0. The minimum Gasteiger partial charge on any atom is -0.345 e. The molecule has 1 saturated heterocycles. The molecule has 0 radical (unpaired) electrons. The van der Waals surface area contributed by atoms with Crippen LogP contribution in [0.2, 0.25) is 0 Å². The third-order valence-corrected chi connectivity index (χ3v) is 4.62. The van der Waals surface area contributed by atoms with Crippen molar-refractivity contribution < 1.29 is 14.4 Å². The molecule has 0 saturated carbocycles. The van der Waals surface area contributed by atoms with Crippen LogP contribution in [-0.4, -0.2) is 47.8 Å². The number of carbonyl (C=O) groups excluding carboxylic acids is 3. The lowest BCUT2D eigenvalue weighted by Gasteiger charge is -2.22. The van der Waals surface area contributed by atoms with E-state index in [2.05, 4.69) is 5.32 Å². The molecule has 1 N–H and O–H groups in total. The van der Waals surface area contributed by atoms with Gasteiger partial charge < -0.3 is 10.2 Å². The van der Waals surface area contributed by atoms with Crippen LogP contribution in [0.5, 0.6) is 0 Å². The monoisotopic (exact) mass is 351 g/mol. The lowest BCUT2D eigenvalue weighted by atomic mass is 9.98. The van der Waals surface area contributed by atoms with E-state index in [1.807, 2.05) is 60.7 Å². The summed E-state index contributed by atoms with van der Waals surface area (Å²) in [5.41, 5.74) is 1.90. The number of nitrogens with one attached hydrogen (secondary N) is 1. The van der Waals surface area contributed by atoms with Gasteiger partial charge in [0.2, 0.25) is 5.91 Å². The fourth-order valence-corrected chi connectivity index (χ4v) is 3.12. The van der Waals surface area contributed by atoms with Crippen LogP contribution >= 0.6 is 0 Å². The molecule has 6 heteroatoms. The maximum atomic E-state index is 12.6. The summed E-state index contributed by atoms with van der Waals surface area (Å²) in [6, 6.07) is 17.8. The van der Waals surface area contributed by atoms with Gasteiger partial charge >= 0.3 is 6.03 Å². The zero-order valence-electron chi connectivity index (χ0n) is 14.8. The number of hydrogen-bond acceptors (Lipinski definition) is 3. The van der Waals surface area contributed by atoms with E-state index in [9.17, 15) is 14.4 Å². The Kier molecular flexibility index (Phi) is 5.02. The lowest BCUT2D eigenvalue weighted by molar-refractivity contribution is -0.131. The molecule has 6 nitrogen and oxygen atoms in total. The Morgan fingerprint density at radius 3 is 1.88 bits per heavy atom. The fraction of sp³-hybridized carbons (Fsp3) is 0.250. The maximum absolute atomic E-state index is 12.6. The van der Waals surface area contributed by atoms with E-state index in [1.165, 1.54) is 19.0 Å². The van der Waals surface area contributed by atoms with Crippen molar-refractivity contribution in [3.63, 3.8) is 0 Å². The molecule has 0 bridgehead atoms. The van der Waals surface area contributed by atoms with Crippen LogP contribution in [0.3, 0.4) is 0 Å². The van der Waals surface area contributed by atoms with Crippen molar-refractivity contribution in [2.75, 3.05) is 14.1 Å². The van der Waals surface area contributed by atoms with E-state index < -0.39 is 12.1 Å². The number of amides is 4. The first-order valence-corrected chi connectivity index (χ1v) is 8.42. The topological polar surface area (TPSA) is 69.7 Å². The van der Waals surface area contributed by atoms with Gasteiger partial charge in [-0.25, -0.2) is 4.79 Å². The van der Waals surface area contributed by atoms with Crippen LogP contribution in [0, 0.1) is 0 Å². The smallest absolute Gasteiger partial charge is 0.326 e. The molecule has 1 heterocycles. The zero-order chi connectivity index (χ0) is 18.7. The molecule has 4 amide bonds. The van der Waals surface area contributed by atoms with Crippen molar-refractivity contribution in [2.24, 2.45) is 0 Å². The molecule has 2 aromatic rings. The van der Waals surface area contributed by atoms with E-state index in [-0.39, 0.29) is 24.3 Å². The molecule has 1 aliphatic heterocycles. The Hall–Kier alpha value is -3.15. The predicted octanol–water partition coefficient (Wildman–Crippen LogP) is 2.17. The number of rotatable bonds is 5. The van der Waals surface area contributed by atoms with E-state index in [1.54, 1.807) is 0 Å². The number of benzene rings is 2. The van der Waals surface area contributed by atoms with Gasteiger partial charge in [-0.1, -0.05) is 60.7 Å². The highest BCUT2D eigenvalue weighted by Crippen LogP contribution is 2.23. The molecule has 2 aromatic carbocycles. The van der Waals surface area contributed by atoms with Gasteiger partial charge in [-0.2, -0.15) is 0 Å². The maximum Gasteiger partial charge on any atom is 0.326 e. The van der Waals surface area contributed by atoms with E-state index in [0.717, 1.165) is 16.0 Å². The van der Waals surface area contributed by atoms with E-state index in [0.29, 0.717) is 0 Å². The largest absolute Gasteiger partial charge is 0.345 e. The summed E-state index contributed by atoms with van der Waals surface area (Å²) in [6.07, 6.45) is -0.0679. The van der Waals surface area contributed by atoms with Crippen molar-refractivity contribution in [3.05, 3.63) is 71.8 Å². The molecule has 0 unspecified atom stereocenters. The Labute approximate surface area is 152 Å². The van der Waals surface area contributed by atoms with Crippen molar-refractivity contribution in [2.45, 2.75) is 18.5 Å². The van der Waals surface area contributed by atoms with Crippen molar-refractivity contribution in [3.8, 4) is 0 Å². The Balaban J connectivity index is 1.78. The summed E-state index contributed by atoms with van der Waals surface area (Å²) in [7, 11) is 2.96. The standard InChI is InChI=1S/C20H21N3O3/c1-22-16(19(25)23(2)20(22)26)13-17(24)21-18(14-9-5-3-6-10-14)15-11-7-4-8-12-15/h3-12,16,18H,13H2,1-2H3,(H,21,24)/t16-/m0/s1. The molecule has 0 aromatic heterocycles. The van der Waals surface area contributed by atoms with Crippen LogP contribution in [0.25, 0.3) is 0 Å². The molecule has 1 fully saturated rings. The molecule has 1 atom stereocenters. The van der Waals surface area contributed by atoms with Gasteiger partial charge in [0.1, 0.15) is 6.04 Å². The second-order valence-electron chi connectivity index (χ2n) is 6.33. The first kappa shape index (κ1) is 17.7. The average molecular weight is 351 g/mol. The van der Waals surface area contributed by atoms with Gasteiger partial charge in [0.25, 0.3) is 5.91 Å². The molecule has 134 valence electrons. The van der Waals surface area contributed by atoms with Crippen LogP contribution < -0.4 is 5.32 Å². The van der Waals surface area contributed by atoms with Gasteiger partial charge in [-0.3, -0.25) is 14.5 Å². The molecule has 1 aliphatic rings. The second-order valence-corrected chi connectivity index (χ2v) is 6.33. The van der Waals surface area contributed by atoms with Gasteiger partial charge in [0.15, 0.2) is 0 Å². The van der Waals surface area contributed by atoms with Crippen LogP contribution in [0.4, 0.5) is 4.79 Å². The van der Waals surface area contributed by atoms with Gasteiger partial charge in [0.05, 0.1) is 12.5 Å². The first-order valence-electron chi connectivity index (χ1n) is 8.42. The van der Waals surface area contributed by atoms with Crippen molar-refractivity contribution >= 4 is 17.8 Å². The van der Waals surface area contributed by atoms with E-state index in [4.69, 9.17) is 0 Å². The number of hydrogen-bond donors (Lipinski definition) is 1. The highest BCUT2D eigenvalue weighted by atomic mass is 16.2.